The molecule has 0 aliphatic heterocycles. The molecule has 0 saturated carbocycles. The van der Waals surface area contributed by atoms with Crippen LogP contribution in [0.25, 0.3) is 0 Å². The van der Waals surface area contributed by atoms with Gasteiger partial charge >= 0.3 is 0 Å². The van der Waals surface area contributed by atoms with E-state index < -0.39 is 28.5 Å². The Morgan fingerprint density at radius 2 is 1.60 bits per heavy atom. The molecule has 0 bridgehead atoms. The lowest BCUT2D eigenvalue weighted by Gasteiger charge is -2.33. The number of hydrogen-bond donors (Lipinski definition) is 1. The van der Waals surface area contributed by atoms with Gasteiger partial charge in [0, 0.05) is 29.2 Å². The number of nitrogens with one attached hydrogen (secondary N) is 1. The molecular formula is C30H35Cl2N3O6S. The maximum atomic E-state index is 14.1. The summed E-state index contributed by atoms with van der Waals surface area (Å²) in [4.78, 5) is 28.4. The van der Waals surface area contributed by atoms with Gasteiger partial charge in [0.15, 0.2) is 11.5 Å². The minimum absolute atomic E-state index is 0.0391. The maximum Gasteiger partial charge on any atom is 0.264 e. The molecule has 12 heteroatoms. The van der Waals surface area contributed by atoms with E-state index in [1.54, 1.807) is 56.3 Å². The Hall–Kier alpha value is -3.47. The van der Waals surface area contributed by atoms with Gasteiger partial charge < -0.3 is 19.7 Å². The number of methoxy groups -OCH3 is 2. The zero-order chi connectivity index (χ0) is 31.0. The number of hydrogen-bond acceptors (Lipinski definition) is 6. The largest absolute Gasteiger partial charge is 0.493 e. The molecule has 3 rings (SSSR count). The van der Waals surface area contributed by atoms with Crippen LogP contribution in [0.15, 0.2) is 65.6 Å². The Balaban J connectivity index is 2.11. The summed E-state index contributed by atoms with van der Waals surface area (Å²) >= 11 is 12.5. The number of sulfonamides is 1. The predicted octanol–water partition coefficient (Wildman–Crippen LogP) is 5.46. The number of aryl methyl sites for hydroxylation is 1. The van der Waals surface area contributed by atoms with Crippen LogP contribution in [0, 0.1) is 6.92 Å². The Labute approximate surface area is 257 Å². The first-order valence-electron chi connectivity index (χ1n) is 13.3. The zero-order valence-electron chi connectivity index (χ0n) is 24.2. The summed E-state index contributed by atoms with van der Waals surface area (Å²) in [5.41, 5.74) is 1.75. The highest BCUT2D eigenvalue weighted by Gasteiger charge is 2.34. The van der Waals surface area contributed by atoms with E-state index in [2.05, 4.69) is 5.32 Å². The van der Waals surface area contributed by atoms with Gasteiger partial charge in [-0.15, -0.1) is 0 Å². The average Bonchev–Trinajstić information content (AvgIpc) is 2.97. The molecule has 0 aliphatic rings. The topological polar surface area (TPSA) is 105 Å². The van der Waals surface area contributed by atoms with E-state index in [0.29, 0.717) is 27.9 Å². The Morgan fingerprint density at radius 1 is 0.929 bits per heavy atom. The molecule has 42 heavy (non-hydrogen) atoms. The first kappa shape index (κ1) is 33.0. The number of benzene rings is 3. The minimum Gasteiger partial charge on any atom is -0.493 e. The van der Waals surface area contributed by atoms with Crippen LogP contribution in [-0.4, -0.2) is 58.5 Å². The van der Waals surface area contributed by atoms with Crippen molar-refractivity contribution in [3.8, 4) is 11.5 Å². The lowest BCUT2D eigenvalue weighted by atomic mass is 10.1. The van der Waals surface area contributed by atoms with Gasteiger partial charge in [-0.25, -0.2) is 8.42 Å². The SMILES string of the molecule is CCNC(=O)C(CC)N(Cc1ccc(Cl)cc1Cl)C(=O)CN(c1ccc(C)cc1)S(=O)(=O)c1ccc(OC)c(OC)c1. The van der Waals surface area contributed by atoms with Crippen LogP contribution >= 0.6 is 23.2 Å². The molecule has 0 aliphatic carbocycles. The average molecular weight is 637 g/mol. The number of ether oxygens (including phenoxy) is 2. The van der Waals surface area contributed by atoms with Crippen molar-refractivity contribution in [2.24, 2.45) is 0 Å². The molecule has 0 aromatic heterocycles. The third-order valence-corrected chi connectivity index (χ3v) is 8.99. The van der Waals surface area contributed by atoms with Crippen molar-refractivity contribution in [3.05, 3.63) is 81.8 Å². The summed E-state index contributed by atoms with van der Waals surface area (Å²) in [5.74, 6) is -0.380. The fourth-order valence-corrected chi connectivity index (χ4v) is 6.29. The Morgan fingerprint density at radius 3 is 2.17 bits per heavy atom. The summed E-state index contributed by atoms with van der Waals surface area (Å²) in [6.07, 6.45) is 0.287. The van der Waals surface area contributed by atoms with Crippen molar-refractivity contribution in [3.63, 3.8) is 0 Å². The van der Waals surface area contributed by atoms with Crippen LogP contribution in [0.1, 0.15) is 31.4 Å². The van der Waals surface area contributed by atoms with Gasteiger partial charge in [-0.05, 0) is 62.2 Å². The third-order valence-electron chi connectivity index (χ3n) is 6.64. The number of halogens is 2. The highest BCUT2D eigenvalue weighted by atomic mass is 35.5. The van der Waals surface area contributed by atoms with Crippen molar-refractivity contribution in [2.45, 2.75) is 44.7 Å². The molecule has 1 unspecified atom stereocenters. The first-order chi connectivity index (χ1) is 20.0. The van der Waals surface area contributed by atoms with Crippen LogP contribution in [-0.2, 0) is 26.2 Å². The fraction of sp³-hybridized carbons (Fsp3) is 0.333. The van der Waals surface area contributed by atoms with Gasteiger partial charge in [-0.2, -0.15) is 0 Å². The van der Waals surface area contributed by atoms with Crippen molar-refractivity contribution in [1.29, 1.82) is 0 Å². The second-order valence-electron chi connectivity index (χ2n) is 9.44. The monoisotopic (exact) mass is 635 g/mol. The molecule has 0 fully saturated rings. The Kier molecular flexibility index (Phi) is 11.5. The highest BCUT2D eigenvalue weighted by molar-refractivity contribution is 7.92. The molecule has 2 amide bonds. The van der Waals surface area contributed by atoms with Crippen molar-refractivity contribution >= 4 is 50.7 Å². The van der Waals surface area contributed by atoms with E-state index in [-0.39, 0.29) is 35.2 Å². The van der Waals surface area contributed by atoms with Gasteiger partial charge in [0.05, 0.1) is 24.8 Å². The lowest BCUT2D eigenvalue weighted by Crippen LogP contribution is -2.52. The van der Waals surface area contributed by atoms with Gasteiger partial charge in [-0.3, -0.25) is 13.9 Å². The molecule has 226 valence electrons. The molecule has 3 aromatic carbocycles. The molecule has 3 aromatic rings. The lowest BCUT2D eigenvalue weighted by molar-refractivity contribution is -0.140. The second kappa shape index (κ2) is 14.6. The predicted molar refractivity (Wildman–Crippen MR) is 165 cm³/mol. The Bertz CT molecular complexity index is 1520. The summed E-state index contributed by atoms with van der Waals surface area (Å²) in [6, 6.07) is 15.0. The molecule has 0 spiro atoms. The van der Waals surface area contributed by atoms with E-state index in [1.807, 2.05) is 6.92 Å². The van der Waals surface area contributed by atoms with Crippen molar-refractivity contribution in [2.75, 3.05) is 31.6 Å². The van der Waals surface area contributed by atoms with Crippen LogP contribution in [0.3, 0.4) is 0 Å². The molecule has 1 atom stereocenters. The van der Waals surface area contributed by atoms with E-state index in [4.69, 9.17) is 32.7 Å². The number of carbonyl (C=O) groups is 2. The van der Waals surface area contributed by atoms with Crippen molar-refractivity contribution in [1.82, 2.24) is 10.2 Å². The van der Waals surface area contributed by atoms with E-state index in [9.17, 15) is 18.0 Å². The smallest absolute Gasteiger partial charge is 0.264 e. The van der Waals surface area contributed by atoms with Gasteiger partial charge in [0.25, 0.3) is 10.0 Å². The maximum absolute atomic E-state index is 14.1. The number of nitrogens with zero attached hydrogens (tertiary/aromatic N) is 2. The fourth-order valence-electron chi connectivity index (χ4n) is 4.39. The van der Waals surface area contributed by atoms with Gasteiger partial charge in [-0.1, -0.05) is 53.9 Å². The summed E-state index contributed by atoms with van der Waals surface area (Å²) in [7, 11) is -1.44. The number of rotatable bonds is 13. The van der Waals surface area contributed by atoms with Crippen LogP contribution in [0.2, 0.25) is 10.0 Å². The first-order valence-corrected chi connectivity index (χ1v) is 15.5. The number of carbonyl (C=O) groups excluding carboxylic acids is 2. The van der Waals surface area contributed by atoms with E-state index >= 15 is 0 Å². The zero-order valence-corrected chi connectivity index (χ0v) is 26.5. The number of likely N-dealkylation sites (N-methyl/N-ethyl adjacent to an activating group) is 1. The molecule has 9 nitrogen and oxygen atoms in total. The van der Waals surface area contributed by atoms with Gasteiger partial charge in [0.2, 0.25) is 11.8 Å². The number of amides is 2. The van der Waals surface area contributed by atoms with Crippen molar-refractivity contribution < 1.29 is 27.5 Å². The highest BCUT2D eigenvalue weighted by Crippen LogP contribution is 2.33. The third kappa shape index (κ3) is 7.67. The van der Waals surface area contributed by atoms with Gasteiger partial charge in [0.1, 0.15) is 12.6 Å². The minimum atomic E-state index is -4.30. The van der Waals surface area contributed by atoms with Crippen LogP contribution in [0.5, 0.6) is 11.5 Å². The van der Waals surface area contributed by atoms with E-state index in [1.165, 1.54) is 37.3 Å². The molecule has 0 radical (unpaired) electrons. The quantitative estimate of drug-likeness (QED) is 0.267. The summed E-state index contributed by atoms with van der Waals surface area (Å²) in [5, 5.41) is 3.51. The normalized spacial score (nSPS) is 11.9. The molecule has 0 saturated heterocycles. The number of anilines is 1. The van der Waals surface area contributed by atoms with Crippen LogP contribution < -0.4 is 19.1 Å². The molecule has 1 N–H and O–H groups in total. The molecule has 0 heterocycles. The standard InChI is InChI=1S/C30H35Cl2N3O6S/c1-6-26(30(37)33-7-2)34(18-21-10-11-22(31)16-25(21)32)29(36)19-35(23-12-8-20(3)9-13-23)42(38,39)24-14-15-27(40-4)28(17-24)41-5/h8-17,26H,6-7,18-19H2,1-5H3,(H,33,37). The van der Waals surface area contributed by atoms with Crippen LogP contribution in [0.4, 0.5) is 5.69 Å². The summed E-state index contributed by atoms with van der Waals surface area (Å²) in [6.45, 7) is 5.17. The summed E-state index contributed by atoms with van der Waals surface area (Å²) < 4.78 is 39.8. The molecular weight excluding hydrogens is 601 g/mol. The van der Waals surface area contributed by atoms with E-state index in [0.717, 1.165) is 9.87 Å². The second-order valence-corrected chi connectivity index (χ2v) is 12.1.